The van der Waals surface area contributed by atoms with Crippen LogP contribution in [-0.4, -0.2) is 29.0 Å². The van der Waals surface area contributed by atoms with Crippen molar-refractivity contribution in [2.24, 2.45) is 0 Å². The van der Waals surface area contributed by atoms with Gasteiger partial charge >= 0.3 is 5.97 Å². The standard InChI is InChI=1S/C12H16N2O3S/c1-3-17-11(16)10-13-8(7-18-10)9(15)14-12(2)5-4-6-12/h7H,3-6H2,1-2H3,(H,14,15). The molecule has 1 aromatic rings. The van der Waals surface area contributed by atoms with E-state index in [9.17, 15) is 9.59 Å². The van der Waals surface area contributed by atoms with E-state index in [1.54, 1.807) is 12.3 Å². The van der Waals surface area contributed by atoms with Gasteiger partial charge in [0.05, 0.1) is 6.61 Å². The van der Waals surface area contributed by atoms with Crippen molar-refractivity contribution in [2.45, 2.75) is 38.6 Å². The number of carbonyl (C=O) groups is 2. The van der Waals surface area contributed by atoms with Gasteiger partial charge in [0.2, 0.25) is 5.01 Å². The Kier molecular flexibility index (Phi) is 3.65. The van der Waals surface area contributed by atoms with Crippen molar-refractivity contribution in [3.63, 3.8) is 0 Å². The smallest absolute Gasteiger partial charge is 0.367 e. The Balaban J connectivity index is 2.01. The zero-order chi connectivity index (χ0) is 13.2. The third kappa shape index (κ3) is 2.69. The zero-order valence-electron chi connectivity index (χ0n) is 10.5. The molecule has 0 spiro atoms. The molecule has 0 saturated heterocycles. The molecule has 1 amide bonds. The number of nitrogens with one attached hydrogen (secondary N) is 1. The highest BCUT2D eigenvalue weighted by molar-refractivity contribution is 7.11. The van der Waals surface area contributed by atoms with Crippen LogP contribution in [0.4, 0.5) is 0 Å². The third-order valence-electron chi connectivity index (χ3n) is 3.06. The van der Waals surface area contributed by atoms with Crippen LogP contribution in [0.5, 0.6) is 0 Å². The van der Waals surface area contributed by atoms with Crippen LogP contribution >= 0.6 is 11.3 Å². The van der Waals surface area contributed by atoms with Gasteiger partial charge in [-0.15, -0.1) is 11.3 Å². The molecule has 1 fully saturated rings. The van der Waals surface area contributed by atoms with Crippen LogP contribution in [0, 0.1) is 0 Å². The number of rotatable bonds is 4. The normalized spacial score (nSPS) is 16.8. The summed E-state index contributed by atoms with van der Waals surface area (Å²) in [4.78, 5) is 27.4. The second-order valence-corrected chi connectivity index (χ2v) is 5.48. The first-order valence-corrected chi connectivity index (χ1v) is 6.87. The molecule has 2 rings (SSSR count). The molecule has 1 saturated carbocycles. The molecular weight excluding hydrogens is 252 g/mol. The van der Waals surface area contributed by atoms with Crippen molar-refractivity contribution in [3.05, 3.63) is 16.1 Å². The Bertz CT molecular complexity index is 466. The van der Waals surface area contributed by atoms with Crippen molar-refractivity contribution in [2.75, 3.05) is 6.61 Å². The molecule has 1 aromatic heterocycles. The van der Waals surface area contributed by atoms with Gasteiger partial charge in [0.25, 0.3) is 5.91 Å². The van der Waals surface area contributed by atoms with E-state index < -0.39 is 5.97 Å². The maximum atomic E-state index is 11.9. The number of hydrogen-bond acceptors (Lipinski definition) is 5. The molecule has 0 aromatic carbocycles. The van der Waals surface area contributed by atoms with Gasteiger partial charge in [-0.1, -0.05) is 0 Å². The van der Waals surface area contributed by atoms with Crippen LogP contribution < -0.4 is 5.32 Å². The maximum absolute atomic E-state index is 11.9. The van der Waals surface area contributed by atoms with Gasteiger partial charge in [0, 0.05) is 10.9 Å². The summed E-state index contributed by atoms with van der Waals surface area (Å²) in [5, 5.41) is 4.76. The minimum absolute atomic E-state index is 0.106. The Morgan fingerprint density at radius 2 is 2.28 bits per heavy atom. The fraction of sp³-hybridized carbons (Fsp3) is 0.583. The van der Waals surface area contributed by atoms with Crippen LogP contribution in [-0.2, 0) is 4.74 Å². The molecule has 0 aliphatic heterocycles. The highest BCUT2D eigenvalue weighted by atomic mass is 32.1. The van der Waals surface area contributed by atoms with E-state index in [-0.39, 0.29) is 22.1 Å². The summed E-state index contributed by atoms with van der Waals surface area (Å²) < 4.78 is 4.83. The molecule has 0 unspecified atom stereocenters. The minimum Gasteiger partial charge on any atom is -0.461 e. The molecular formula is C12H16N2O3S. The summed E-state index contributed by atoms with van der Waals surface area (Å²) in [5.41, 5.74) is 0.182. The topological polar surface area (TPSA) is 68.3 Å². The van der Waals surface area contributed by atoms with Gasteiger partial charge in [-0.3, -0.25) is 4.79 Å². The van der Waals surface area contributed by atoms with E-state index in [4.69, 9.17) is 4.74 Å². The molecule has 98 valence electrons. The van der Waals surface area contributed by atoms with Crippen LogP contribution in [0.1, 0.15) is 53.4 Å². The average Bonchev–Trinajstić information content (AvgIpc) is 2.76. The fourth-order valence-corrected chi connectivity index (χ4v) is 2.52. The number of amides is 1. The first-order valence-electron chi connectivity index (χ1n) is 5.99. The maximum Gasteiger partial charge on any atom is 0.367 e. The van der Waals surface area contributed by atoms with Gasteiger partial charge in [0.15, 0.2) is 0 Å². The monoisotopic (exact) mass is 268 g/mol. The predicted octanol–water partition coefficient (Wildman–Crippen LogP) is 1.99. The number of aromatic nitrogens is 1. The summed E-state index contributed by atoms with van der Waals surface area (Å²) in [5.74, 6) is -0.694. The van der Waals surface area contributed by atoms with Crippen molar-refractivity contribution in [1.29, 1.82) is 0 Å². The van der Waals surface area contributed by atoms with Gasteiger partial charge < -0.3 is 10.1 Å². The molecule has 1 heterocycles. The lowest BCUT2D eigenvalue weighted by atomic mass is 9.78. The molecule has 1 aliphatic carbocycles. The molecule has 5 nitrogen and oxygen atoms in total. The lowest BCUT2D eigenvalue weighted by molar-refractivity contribution is 0.0526. The first-order chi connectivity index (χ1) is 8.54. The molecule has 1 N–H and O–H groups in total. The number of carbonyl (C=O) groups excluding carboxylic acids is 2. The van der Waals surface area contributed by atoms with Gasteiger partial charge in [0.1, 0.15) is 5.69 Å². The predicted molar refractivity (Wildman–Crippen MR) is 67.8 cm³/mol. The average molecular weight is 268 g/mol. The largest absolute Gasteiger partial charge is 0.461 e. The summed E-state index contributed by atoms with van der Waals surface area (Å²) in [6, 6.07) is 0. The Hall–Kier alpha value is -1.43. The van der Waals surface area contributed by atoms with E-state index in [2.05, 4.69) is 10.3 Å². The van der Waals surface area contributed by atoms with Crippen molar-refractivity contribution in [1.82, 2.24) is 10.3 Å². The van der Waals surface area contributed by atoms with Gasteiger partial charge in [-0.2, -0.15) is 0 Å². The zero-order valence-corrected chi connectivity index (χ0v) is 11.3. The van der Waals surface area contributed by atoms with E-state index in [0.717, 1.165) is 30.6 Å². The van der Waals surface area contributed by atoms with Crippen molar-refractivity contribution in [3.8, 4) is 0 Å². The summed E-state index contributed by atoms with van der Waals surface area (Å²) in [6.07, 6.45) is 3.13. The van der Waals surface area contributed by atoms with E-state index in [1.165, 1.54) is 0 Å². The lowest BCUT2D eigenvalue weighted by Crippen LogP contribution is -2.51. The van der Waals surface area contributed by atoms with Crippen LogP contribution in [0.2, 0.25) is 0 Å². The van der Waals surface area contributed by atoms with Gasteiger partial charge in [-0.05, 0) is 33.1 Å². The summed E-state index contributed by atoms with van der Waals surface area (Å²) in [6.45, 7) is 4.06. The molecule has 0 atom stereocenters. The van der Waals surface area contributed by atoms with Crippen LogP contribution in [0.25, 0.3) is 0 Å². The lowest BCUT2D eigenvalue weighted by Gasteiger charge is -2.38. The van der Waals surface area contributed by atoms with E-state index in [1.807, 2.05) is 6.92 Å². The summed E-state index contributed by atoms with van der Waals surface area (Å²) >= 11 is 1.13. The second kappa shape index (κ2) is 5.06. The first kappa shape index (κ1) is 13.0. The quantitative estimate of drug-likeness (QED) is 0.848. The van der Waals surface area contributed by atoms with Crippen molar-refractivity contribution < 1.29 is 14.3 Å². The fourth-order valence-electron chi connectivity index (χ4n) is 1.83. The number of nitrogens with zero attached hydrogens (tertiary/aromatic N) is 1. The molecule has 0 bridgehead atoms. The van der Waals surface area contributed by atoms with E-state index in [0.29, 0.717) is 6.61 Å². The number of ether oxygens (including phenoxy) is 1. The molecule has 18 heavy (non-hydrogen) atoms. The minimum atomic E-state index is -0.476. The van der Waals surface area contributed by atoms with Crippen molar-refractivity contribution >= 4 is 23.2 Å². The number of thiazole rings is 1. The number of hydrogen-bond donors (Lipinski definition) is 1. The second-order valence-electron chi connectivity index (χ2n) is 4.63. The van der Waals surface area contributed by atoms with Crippen LogP contribution in [0.15, 0.2) is 5.38 Å². The SMILES string of the molecule is CCOC(=O)c1nc(C(=O)NC2(C)CCC2)cs1. The summed E-state index contributed by atoms with van der Waals surface area (Å²) in [7, 11) is 0. The molecule has 1 aliphatic rings. The highest BCUT2D eigenvalue weighted by Gasteiger charge is 2.34. The number of esters is 1. The Labute approximate surface area is 110 Å². The van der Waals surface area contributed by atoms with Gasteiger partial charge in [-0.25, -0.2) is 9.78 Å². The highest BCUT2D eigenvalue weighted by Crippen LogP contribution is 2.31. The Morgan fingerprint density at radius 1 is 1.56 bits per heavy atom. The van der Waals surface area contributed by atoms with E-state index >= 15 is 0 Å². The van der Waals surface area contributed by atoms with Crippen LogP contribution in [0.3, 0.4) is 0 Å². The third-order valence-corrected chi connectivity index (χ3v) is 3.88. The molecule has 0 radical (unpaired) electrons. The molecule has 6 heteroatoms. The Morgan fingerprint density at radius 3 is 2.83 bits per heavy atom.